The highest BCUT2D eigenvalue weighted by atomic mass is 16.5. The third-order valence-corrected chi connectivity index (χ3v) is 2.38. The average molecular weight is 210 g/mol. The predicted molar refractivity (Wildman–Crippen MR) is 52.6 cm³/mol. The average Bonchev–Trinajstić information content (AvgIpc) is 2.63. The lowest BCUT2D eigenvalue weighted by molar-refractivity contribution is 0.0286. The molecule has 1 aromatic rings. The minimum absolute atomic E-state index is 0.00516. The summed E-state index contributed by atoms with van der Waals surface area (Å²) in [6.07, 6.45) is -0.00516. The zero-order valence-corrected chi connectivity index (χ0v) is 8.90. The molecule has 0 N–H and O–H groups in total. The fourth-order valence-electron chi connectivity index (χ4n) is 1.64. The third-order valence-electron chi connectivity index (χ3n) is 2.38. The molecular weight excluding hydrogens is 196 g/mol. The molecule has 15 heavy (non-hydrogen) atoms. The zero-order chi connectivity index (χ0) is 10.8. The second-order valence-corrected chi connectivity index (χ2v) is 3.41. The van der Waals surface area contributed by atoms with Crippen molar-refractivity contribution >= 4 is 5.97 Å². The minimum Gasteiger partial charge on any atom is -0.461 e. The summed E-state index contributed by atoms with van der Waals surface area (Å²) in [6.45, 7) is 5.42. The van der Waals surface area contributed by atoms with Crippen LogP contribution in [0.1, 0.15) is 36.1 Å². The first-order valence-corrected chi connectivity index (χ1v) is 5.09. The van der Waals surface area contributed by atoms with Gasteiger partial charge in [-0.05, 0) is 19.9 Å². The van der Waals surface area contributed by atoms with Gasteiger partial charge in [0.15, 0.2) is 5.69 Å². The Kier molecular flexibility index (Phi) is 2.73. The van der Waals surface area contributed by atoms with Crippen molar-refractivity contribution < 1.29 is 14.3 Å². The molecule has 82 valence electrons. The number of fused-ring (bicyclic) bond motifs is 1. The molecule has 1 atom stereocenters. The summed E-state index contributed by atoms with van der Waals surface area (Å²) in [5.74, 6) is -0.369. The molecule has 0 spiro atoms. The van der Waals surface area contributed by atoms with Crippen LogP contribution in [-0.4, -0.2) is 29.0 Å². The predicted octanol–water partition coefficient (Wildman–Crippen LogP) is 1.15. The Morgan fingerprint density at radius 2 is 2.60 bits per heavy atom. The zero-order valence-electron chi connectivity index (χ0n) is 8.90. The normalized spacial score (nSPS) is 19.7. The molecular formula is C10H14N2O3. The molecule has 2 heterocycles. The number of hydrogen-bond donors (Lipinski definition) is 0. The third kappa shape index (κ3) is 1.87. The first kappa shape index (κ1) is 10.2. The van der Waals surface area contributed by atoms with Crippen LogP contribution >= 0.6 is 0 Å². The van der Waals surface area contributed by atoms with Crippen LogP contribution in [0, 0.1) is 0 Å². The number of carbonyl (C=O) groups excluding carboxylic acids is 1. The van der Waals surface area contributed by atoms with Crippen LogP contribution in [0.25, 0.3) is 0 Å². The molecule has 0 aromatic carbocycles. The van der Waals surface area contributed by atoms with E-state index in [-0.39, 0.29) is 12.1 Å². The first-order chi connectivity index (χ1) is 7.22. The lowest BCUT2D eigenvalue weighted by Crippen LogP contribution is -2.20. The highest BCUT2D eigenvalue weighted by Gasteiger charge is 2.22. The minimum atomic E-state index is -0.369. The lowest BCUT2D eigenvalue weighted by Gasteiger charge is -2.20. The summed E-state index contributed by atoms with van der Waals surface area (Å²) in [5.41, 5.74) is 1.30. The maximum absolute atomic E-state index is 11.4. The second-order valence-electron chi connectivity index (χ2n) is 3.41. The van der Waals surface area contributed by atoms with Gasteiger partial charge in [0.1, 0.15) is 0 Å². The van der Waals surface area contributed by atoms with Gasteiger partial charge >= 0.3 is 5.97 Å². The summed E-state index contributed by atoms with van der Waals surface area (Å²) in [6, 6.07) is 1.74. The van der Waals surface area contributed by atoms with E-state index in [9.17, 15) is 4.79 Å². The van der Waals surface area contributed by atoms with Crippen LogP contribution in [-0.2, 0) is 16.0 Å². The molecule has 1 aliphatic rings. The van der Waals surface area contributed by atoms with Crippen LogP contribution in [0.5, 0.6) is 0 Å². The van der Waals surface area contributed by atoms with Crippen molar-refractivity contribution in [3.8, 4) is 0 Å². The lowest BCUT2D eigenvalue weighted by atomic mass is 10.2. The summed E-state index contributed by atoms with van der Waals surface area (Å²) in [4.78, 5) is 11.4. The van der Waals surface area contributed by atoms with Crippen molar-refractivity contribution in [3.63, 3.8) is 0 Å². The molecule has 1 aliphatic heterocycles. The fraction of sp³-hybridized carbons (Fsp3) is 0.600. The van der Waals surface area contributed by atoms with Crippen molar-refractivity contribution in [3.05, 3.63) is 17.5 Å². The van der Waals surface area contributed by atoms with Gasteiger partial charge < -0.3 is 9.47 Å². The van der Waals surface area contributed by atoms with E-state index in [0.29, 0.717) is 25.5 Å². The molecule has 0 amide bonds. The van der Waals surface area contributed by atoms with Crippen LogP contribution in [0.15, 0.2) is 6.07 Å². The van der Waals surface area contributed by atoms with E-state index >= 15 is 0 Å². The number of aromatic nitrogens is 2. The largest absolute Gasteiger partial charge is 0.461 e. The van der Waals surface area contributed by atoms with E-state index in [2.05, 4.69) is 5.10 Å². The van der Waals surface area contributed by atoms with E-state index < -0.39 is 0 Å². The number of esters is 1. The number of rotatable bonds is 2. The highest BCUT2D eigenvalue weighted by Crippen LogP contribution is 2.22. The molecule has 1 aromatic heterocycles. The van der Waals surface area contributed by atoms with Crippen molar-refractivity contribution in [1.82, 2.24) is 9.78 Å². The van der Waals surface area contributed by atoms with Crippen LogP contribution < -0.4 is 0 Å². The smallest absolute Gasteiger partial charge is 0.358 e. The Balaban J connectivity index is 2.25. The standard InChI is InChI=1S/C10H14N2O3/c1-3-14-10(13)8-6-9-7(2)15-5-4-12(9)11-8/h6-7H,3-5H2,1-2H3/t7-/m1/s1. The van der Waals surface area contributed by atoms with Gasteiger partial charge in [0.25, 0.3) is 0 Å². The molecule has 0 unspecified atom stereocenters. The molecule has 0 saturated carbocycles. The van der Waals surface area contributed by atoms with E-state index in [4.69, 9.17) is 9.47 Å². The SMILES string of the molecule is CCOC(=O)c1cc2n(n1)CCO[C@@H]2C. The van der Waals surface area contributed by atoms with Gasteiger partial charge in [-0.2, -0.15) is 5.10 Å². The molecule has 5 nitrogen and oxygen atoms in total. The summed E-state index contributed by atoms with van der Waals surface area (Å²) < 4.78 is 12.1. The summed E-state index contributed by atoms with van der Waals surface area (Å²) in [7, 11) is 0. The van der Waals surface area contributed by atoms with E-state index in [0.717, 1.165) is 5.69 Å². The molecule has 0 radical (unpaired) electrons. The summed E-state index contributed by atoms with van der Waals surface area (Å²) in [5, 5.41) is 4.18. The van der Waals surface area contributed by atoms with Crippen molar-refractivity contribution in [2.45, 2.75) is 26.5 Å². The number of carbonyl (C=O) groups is 1. The molecule has 0 bridgehead atoms. The van der Waals surface area contributed by atoms with Gasteiger partial charge in [0, 0.05) is 0 Å². The van der Waals surface area contributed by atoms with E-state index in [1.165, 1.54) is 0 Å². The Hall–Kier alpha value is -1.36. The quantitative estimate of drug-likeness (QED) is 0.687. The Morgan fingerprint density at radius 3 is 3.27 bits per heavy atom. The van der Waals surface area contributed by atoms with Crippen molar-refractivity contribution in [2.75, 3.05) is 13.2 Å². The monoisotopic (exact) mass is 210 g/mol. The maximum Gasteiger partial charge on any atom is 0.358 e. The van der Waals surface area contributed by atoms with E-state index in [1.54, 1.807) is 17.7 Å². The Morgan fingerprint density at radius 1 is 1.80 bits per heavy atom. The molecule has 2 rings (SSSR count). The van der Waals surface area contributed by atoms with Crippen molar-refractivity contribution in [2.24, 2.45) is 0 Å². The van der Waals surface area contributed by atoms with Gasteiger partial charge in [-0.15, -0.1) is 0 Å². The number of nitrogens with zero attached hydrogens (tertiary/aromatic N) is 2. The van der Waals surface area contributed by atoms with Gasteiger partial charge in [-0.3, -0.25) is 4.68 Å². The van der Waals surface area contributed by atoms with Crippen molar-refractivity contribution in [1.29, 1.82) is 0 Å². The van der Waals surface area contributed by atoms with Crippen LogP contribution in [0.2, 0.25) is 0 Å². The van der Waals surface area contributed by atoms with Gasteiger partial charge in [-0.25, -0.2) is 4.79 Å². The maximum atomic E-state index is 11.4. The van der Waals surface area contributed by atoms with Gasteiger partial charge in [0.05, 0.1) is 31.6 Å². The number of ether oxygens (including phenoxy) is 2. The van der Waals surface area contributed by atoms with Crippen LogP contribution in [0.3, 0.4) is 0 Å². The molecule has 5 heteroatoms. The summed E-state index contributed by atoms with van der Waals surface area (Å²) >= 11 is 0. The van der Waals surface area contributed by atoms with Gasteiger partial charge in [0.2, 0.25) is 0 Å². The highest BCUT2D eigenvalue weighted by molar-refractivity contribution is 5.87. The molecule has 0 fully saturated rings. The first-order valence-electron chi connectivity index (χ1n) is 5.09. The second kappa shape index (κ2) is 4.02. The number of hydrogen-bond acceptors (Lipinski definition) is 4. The Labute approximate surface area is 88.0 Å². The van der Waals surface area contributed by atoms with Gasteiger partial charge in [-0.1, -0.05) is 0 Å². The topological polar surface area (TPSA) is 53.4 Å². The fourth-order valence-corrected chi connectivity index (χ4v) is 1.64. The molecule has 0 aliphatic carbocycles. The van der Waals surface area contributed by atoms with Crippen LogP contribution in [0.4, 0.5) is 0 Å². The van der Waals surface area contributed by atoms with E-state index in [1.807, 2.05) is 6.92 Å². The Bertz CT molecular complexity index is 373. The molecule has 0 saturated heterocycles.